The van der Waals surface area contributed by atoms with Gasteiger partial charge < -0.3 is 10.6 Å². The van der Waals surface area contributed by atoms with Crippen molar-refractivity contribution in [3.63, 3.8) is 0 Å². The zero-order chi connectivity index (χ0) is 17.0. The second-order valence-electron chi connectivity index (χ2n) is 5.22. The Bertz CT molecular complexity index is 802. The zero-order valence-corrected chi connectivity index (χ0v) is 13.6. The molecule has 0 aliphatic rings. The summed E-state index contributed by atoms with van der Waals surface area (Å²) in [6.07, 6.45) is 0. The topological polar surface area (TPSA) is 106 Å². The van der Waals surface area contributed by atoms with Crippen LogP contribution in [-0.2, 0) is 21.4 Å². The van der Waals surface area contributed by atoms with Crippen molar-refractivity contribution in [2.75, 3.05) is 13.6 Å². The van der Waals surface area contributed by atoms with E-state index >= 15 is 0 Å². The minimum absolute atomic E-state index is 0.0226. The Morgan fingerprint density at radius 3 is 2.30 bits per heavy atom. The van der Waals surface area contributed by atoms with Crippen LogP contribution in [-0.4, -0.2) is 32.8 Å². The number of primary sulfonamides is 1. The maximum absolute atomic E-state index is 11.5. The molecule has 7 heteroatoms. The molecule has 0 atom stereocenters. The van der Waals surface area contributed by atoms with Crippen molar-refractivity contribution in [2.24, 2.45) is 10.9 Å². The molecule has 0 spiro atoms. The van der Waals surface area contributed by atoms with Crippen LogP contribution >= 0.6 is 0 Å². The first-order chi connectivity index (χ1) is 10.8. The average molecular weight is 333 g/mol. The highest BCUT2D eigenvalue weighted by Crippen LogP contribution is 2.22. The molecule has 122 valence electrons. The van der Waals surface area contributed by atoms with Gasteiger partial charge in [-0.25, -0.2) is 13.6 Å². The Morgan fingerprint density at radius 1 is 1.09 bits per heavy atom. The molecule has 0 saturated carbocycles. The molecule has 2 rings (SSSR count). The largest absolute Gasteiger partial charge is 0.340 e. The molecule has 2 aromatic carbocycles. The number of carbonyl (C=O) groups excluding carboxylic acids is 1. The van der Waals surface area contributed by atoms with E-state index in [0.717, 1.165) is 16.7 Å². The van der Waals surface area contributed by atoms with E-state index in [1.54, 1.807) is 24.1 Å². The molecular weight excluding hydrogens is 314 g/mol. The summed E-state index contributed by atoms with van der Waals surface area (Å²) in [5.41, 5.74) is 8.10. The van der Waals surface area contributed by atoms with Crippen molar-refractivity contribution < 1.29 is 13.2 Å². The van der Waals surface area contributed by atoms with Crippen molar-refractivity contribution >= 4 is 15.9 Å². The maximum Gasteiger partial charge on any atom is 0.238 e. The van der Waals surface area contributed by atoms with Crippen molar-refractivity contribution in [2.45, 2.75) is 11.4 Å². The van der Waals surface area contributed by atoms with E-state index in [-0.39, 0.29) is 17.3 Å². The van der Waals surface area contributed by atoms with Gasteiger partial charge in [0, 0.05) is 13.6 Å². The minimum atomic E-state index is -3.69. The first-order valence-corrected chi connectivity index (χ1v) is 8.52. The second-order valence-corrected chi connectivity index (χ2v) is 6.79. The molecular formula is C16H19N3O3S. The lowest BCUT2D eigenvalue weighted by molar-refractivity contribution is -0.128. The van der Waals surface area contributed by atoms with Crippen molar-refractivity contribution in [1.29, 1.82) is 0 Å². The highest BCUT2D eigenvalue weighted by molar-refractivity contribution is 7.89. The normalized spacial score (nSPS) is 11.3. The van der Waals surface area contributed by atoms with E-state index < -0.39 is 10.0 Å². The van der Waals surface area contributed by atoms with Crippen LogP contribution < -0.4 is 10.9 Å². The van der Waals surface area contributed by atoms with E-state index in [2.05, 4.69) is 0 Å². The van der Waals surface area contributed by atoms with Crippen LogP contribution in [0.5, 0.6) is 0 Å². The van der Waals surface area contributed by atoms with Crippen molar-refractivity contribution in [3.8, 4) is 11.1 Å². The Hall–Kier alpha value is -2.22. The van der Waals surface area contributed by atoms with Gasteiger partial charge in [0.25, 0.3) is 0 Å². The summed E-state index contributed by atoms with van der Waals surface area (Å²) in [6, 6.07) is 14.0. The number of benzene rings is 2. The lowest BCUT2D eigenvalue weighted by atomic mass is 10.0. The molecule has 0 heterocycles. The molecule has 0 saturated heterocycles. The highest BCUT2D eigenvalue weighted by atomic mass is 32.2. The fraction of sp³-hybridized carbons (Fsp3) is 0.188. The molecule has 1 amide bonds. The van der Waals surface area contributed by atoms with E-state index in [0.29, 0.717) is 6.54 Å². The van der Waals surface area contributed by atoms with Crippen molar-refractivity contribution in [3.05, 3.63) is 54.1 Å². The predicted octanol–water partition coefficient (Wildman–Crippen LogP) is 0.918. The third-order valence-electron chi connectivity index (χ3n) is 3.46. The van der Waals surface area contributed by atoms with Gasteiger partial charge in [0.1, 0.15) is 0 Å². The number of amides is 1. The standard InChI is InChI=1S/C16H19N3O3S/c1-19(16(20)10-17)11-12-3-2-4-14(9-12)13-5-7-15(8-6-13)23(18,21)22/h2-9H,10-11,17H2,1H3,(H2,18,21,22). The molecule has 2 aromatic rings. The molecule has 0 bridgehead atoms. The Balaban J connectivity index is 2.24. The SMILES string of the molecule is CN(Cc1cccc(-c2ccc(S(N)(=O)=O)cc2)c1)C(=O)CN. The van der Waals surface area contributed by atoms with E-state index in [9.17, 15) is 13.2 Å². The minimum Gasteiger partial charge on any atom is -0.340 e. The summed E-state index contributed by atoms with van der Waals surface area (Å²) < 4.78 is 22.6. The van der Waals surface area contributed by atoms with Crippen LogP contribution in [0.15, 0.2) is 53.4 Å². The highest BCUT2D eigenvalue weighted by Gasteiger charge is 2.09. The molecule has 0 aliphatic heterocycles. The Labute approximate surface area is 135 Å². The summed E-state index contributed by atoms with van der Waals surface area (Å²) in [5, 5.41) is 5.09. The fourth-order valence-electron chi connectivity index (χ4n) is 2.20. The quantitative estimate of drug-likeness (QED) is 0.848. The molecule has 0 aliphatic carbocycles. The number of hydrogen-bond acceptors (Lipinski definition) is 4. The fourth-order valence-corrected chi connectivity index (χ4v) is 2.72. The van der Waals surface area contributed by atoms with Gasteiger partial charge in [-0.05, 0) is 34.9 Å². The Kier molecular flexibility index (Phi) is 5.15. The van der Waals surface area contributed by atoms with E-state index in [1.165, 1.54) is 12.1 Å². The number of sulfonamides is 1. The predicted molar refractivity (Wildman–Crippen MR) is 88.8 cm³/mol. The maximum atomic E-state index is 11.5. The van der Waals surface area contributed by atoms with Gasteiger partial charge in [0.05, 0.1) is 11.4 Å². The molecule has 0 aromatic heterocycles. The second kappa shape index (κ2) is 6.91. The van der Waals surface area contributed by atoms with Gasteiger partial charge in [0.2, 0.25) is 15.9 Å². The monoisotopic (exact) mass is 333 g/mol. The van der Waals surface area contributed by atoms with E-state index in [1.807, 2.05) is 24.3 Å². The molecule has 6 nitrogen and oxygen atoms in total. The van der Waals surface area contributed by atoms with Gasteiger partial charge in [0.15, 0.2) is 0 Å². The summed E-state index contributed by atoms with van der Waals surface area (Å²) in [5.74, 6) is -0.132. The third kappa shape index (κ3) is 4.38. The summed E-state index contributed by atoms with van der Waals surface area (Å²) in [4.78, 5) is 13.2. The van der Waals surface area contributed by atoms with Crippen LogP contribution in [0, 0.1) is 0 Å². The van der Waals surface area contributed by atoms with Crippen LogP contribution in [0.25, 0.3) is 11.1 Å². The molecule has 4 N–H and O–H groups in total. The molecule has 0 fully saturated rings. The molecule has 0 unspecified atom stereocenters. The first kappa shape index (κ1) is 17.1. The van der Waals surface area contributed by atoms with Crippen molar-refractivity contribution in [1.82, 2.24) is 4.90 Å². The Morgan fingerprint density at radius 2 is 1.74 bits per heavy atom. The van der Waals surface area contributed by atoms with Crippen LogP contribution in [0.4, 0.5) is 0 Å². The van der Waals surface area contributed by atoms with Gasteiger partial charge in [-0.3, -0.25) is 4.79 Å². The van der Waals surface area contributed by atoms with E-state index in [4.69, 9.17) is 10.9 Å². The first-order valence-electron chi connectivity index (χ1n) is 6.97. The lowest BCUT2D eigenvalue weighted by Gasteiger charge is -2.16. The molecule has 0 radical (unpaired) electrons. The molecule has 23 heavy (non-hydrogen) atoms. The van der Waals surface area contributed by atoms with Crippen LogP contribution in [0.1, 0.15) is 5.56 Å². The smallest absolute Gasteiger partial charge is 0.238 e. The number of nitrogens with zero attached hydrogens (tertiary/aromatic N) is 1. The number of hydrogen-bond donors (Lipinski definition) is 2. The third-order valence-corrected chi connectivity index (χ3v) is 4.39. The summed E-state index contributed by atoms with van der Waals surface area (Å²) >= 11 is 0. The number of rotatable bonds is 5. The van der Waals surface area contributed by atoms with Gasteiger partial charge in [-0.2, -0.15) is 0 Å². The lowest BCUT2D eigenvalue weighted by Crippen LogP contribution is -2.32. The van der Waals surface area contributed by atoms with Gasteiger partial charge >= 0.3 is 0 Å². The number of likely N-dealkylation sites (N-methyl/N-ethyl adjacent to an activating group) is 1. The summed E-state index contributed by atoms with van der Waals surface area (Å²) in [7, 11) is -2.00. The number of nitrogens with two attached hydrogens (primary N) is 2. The average Bonchev–Trinajstić information content (AvgIpc) is 2.53. The summed E-state index contributed by atoms with van der Waals surface area (Å²) in [6.45, 7) is 0.435. The van der Waals surface area contributed by atoms with Crippen LogP contribution in [0.2, 0.25) is 0 Å². The van der Waals surface area contributed by atoms with Gasteiger partial charge in [-0.1, -0.05) is 30.3 Å². The zero-order valence-electron chi connectivity index (χ0n) is 12.8. The van der Waals surface area contributed by atoms with Gasteiger partial charge in [-0.15, -0.1) is 0 Å². The number of carbonyl (C=O) groups is 1. The van der Waals surface area contributed by atoms with Crippen LogP contribution in [0.3, 0.4) is 0 Å².